The lowest BCUT2D eigenvalue weighted by Gasteiger charge is -2.09. The monoisotopic (exact) mass is 241 g/mol. The number of nitrogens with zero attached hydrogens (tertiary/aromatic N) is 2. The van der Waals surface area contributed by atoms with Crippen LogP contribution < -0.4 is 5.32 Å². The molecule has 0 aromatic carbocycles. The van der Waals surface area contributed by atoms with Gasteiger partial charge in [0.1, 0.15) is 5.82 Å². The van der Waals surface area contributed by atoms with E-state index >= 15 is 0 Å². The number of rotatable bonds is 7. The zero-order chi connectivity index (χ0) is 12.8. The van der Waals surface area contributed by atoms with Crippen LogP contribution in [0.3, 0.4) is 0 Å². The van der Waals surface area contributed by atoms with Crippen molar-refractivity contribution < 1.29 is 9.47 Å². The van der Waals surface area contributed by atoms with Gasteiger partial charge in [-0.25, -0.2) is 0 Å². The van der Waals surface area contributed by atoms with E-state index in [-0.39, 0.29) is 6.10 Å². The van der Waals surface area contributed by atoms with Gasteiger partial charge >= 0.3 is 0 Å². The first kappa shape index (κ1) is 14.0. The van der Waals surface area contributed by atoms with Gasteiger partial charge in [0.05, 0.1) is 31.6 Å². The lowest BCUT2D eigenvalue weighted by Crippen LogP contribution is -2.10. The van der Waals surface area contributed by atoms with E-state index < -0.39 is 0 Å². The number of hydrogen-bond acceptors (Lipinski definition) is 4. The van der Waals surface area contributed by atoms with Crippen LogP contribution in [-0.4, -0.2) is 36.1 Å². The van der Waals surface area contributed by atoms with E-state index in [0.717, 1.165) is 17.1 Å². The molecular formula is C12H23N3O2. The van der Waals surface area contributed by atoms with Crippen LogP contribution in [0.4, 0.5) is 5.82 Å². The first-order valence-corrected chi connectivity index (χ1v) is 5.95. The van der Waals surface area contributed by atoms with E-state index in [9.17, 15) is 0 Å². The third-order valence-electron chi connectivity index (χ3n) is 2.51. The Bertz CT molecular complexity index is 348. The van der Waals surface area contributed by atoms with Crippen LogP contribution in [0.2, 0.25) is 0 Å². The number of anilines is 1. The summed E-state index contributed by atoms with van der Waals surface area (Å²) in [5, 5.41) is 7.48. The minimum atomic E-state index is 0.256. The van der Waals surface area contributed by atoms with Gasteiger partial charge in [-0.1, -0.05) is 0 Å². The predicted octanol–water partition coefficient (Wildman–Crippen LogP) is 1.71. The Labute approximate surface area is 103 Å². The van der Waals surface area contributed by atoms with Crippen molar-refractivity contribution in [1.29, 1.82) is 0 Å². The summed E-state index contributed by atoms with van der Waals surface area (Å²) in [4.78, 5) is 0. The van der Waals surface area contributed by atoms with Crippen molar-refractivity contribution >= 4 is 5.82 Å². The van der Waals surface area contributed by atoms with Crippen LogP contribution >= 0.6 is 0 Å². The molecule has 0 amide bonds. The first-order valence-electron chi connectivity index (χ1n) is 5.95. The predicted molar refractivity (Wildman–Crippen MR) is 68.2 cm³/mol. The summed E-state index contributed by atoms with van der Waals surface area (Å²) in [5.41, 5.74) is 2.11. The van der Waals surface area contributed by atoms with Crippen molar-refractivity contribution in [2.24, 2.45) is 7.05 Å². The number of aromatic nitrogens is 2. The molecule has 0 fully saturated rings. The average Bonchev–Trinajstić information content (AvgIpc) is 2.52. The number of aryl methyl sites for hydroxylation is 2. The Hall–Kier alpha value is -1.07. The molecule has 0 bridgehead atoms. The fourth-order valence-corrected chi connectivity index (χ4v) is 1.70. The van der Waals surface area contributed by atoms with E-state index in [0.29, 0.717) is 19.8 Å². The van der Waals surface area contributed by atoms with Crippen LogP contribution in [-0.2, 0) is 23.1 Å². The molecule has 0 aliphatic rings. The van der Waals surface area contributed by atoms with Gasteiger partial charge in [0, 0.05) is 19.7 Å². The third-order valence-corrected chi connectivity index (χ3v) is 2.51. The minimum absolute atomic E-state index is 0.256. The van der Waals surface area contributed by atoms with Gasteiger partial charge in [0.15, 0.2) is 0 Å². The zero-order valence-corrected chi connectivity index (χ0v) is 11.4. The molecule has 0 atom stereocenters. The highest BCUT2D eigenvalue weighted by Gasteiger charge is 2.11. The maximum absolute atomic E-state index is 5.59. The largest absolute Gasteiger partial charge is 0.376 e. The van der Waals surface area contributed by atoms with E-state index in [1.165, 1.54) is 0 Å². The third kappa shape index (κ3) is 4.02. The molecule has 1 heterocycles. The van der Waals surface area contributed by atoms with Gasteiger partial charge in [0.2, 0.25) is 0 Å². The van der Waals surface area contributed by atoms with Crippen molar-refractivity contribution in [2.45, 2.75) is 33.5 Å². The second-order valence-corrected chi connectivity index (χ2v) is 4.26. The normalized spacial score (nSPS) is 11.2. The maximum Gasteiger partial charge on any atom is 0.129 e. The summed E-state index contributed by atoms with van der Waals surface area (Å²) in [6.07, 6.45) is 0.256. The van der Waals surface area contributed by atoms with Crippen molar-refractivity contribution in [3.8, 4) is 0 Å². The summed E-state index contributed by atoms with van der Waals surface area (Å²) in [6, 6.07) is 0. The molecule has 5 nitrogen and oxygen atoms in total. The quantitative estimate of drug-likeness (QED) is 0.738. The van der Waals surface area contributed by atoms with Gasteiger partial charge in [-0.15, -0.1) is 0 Å². The number of nitrogens with one attached hydrogen (secondary N) is 1. The van der Waals surface area contributed by atoms with Crippen LogP contribution in [0, 0.1) is 6.92 Å². The molecule has 5 heteroatoms. The van der Waals surface area contributed by atoms with Crippen LogP contribution in [0.15, 0.2) is 0 Å². The smallest absolute Gasteiger partial charge is 0.129 e. The maximum atomic E-state index is 5.59. The van der Waals surface area contributed by atoms with Gasteiger partial charge in [-0.2, -0.15) is 5.10 Å². The molecule has 0 unspecified atom stereocenters. The van der Waals surface area contributed by atoms with Crippen LogP contribution in [0.5, 0.6) is 0 Å². The Morgan fingerprint density at radius 3 is 2.65 bits per heavy atom. The molecule has 0 spiro atoms. The Morgan fingerprint density at radius 2 is 2.06 bits per heavy atom. The molecule has 98 valence electrons. The lowest BCUT2D eigenvalue weighted by molar-refractivity contribution is 0.0143. The molecule has 1 rings (SSSR count). The SMILES string of the molecule is CNc1c(COCCOC(C)C)c(C)nn1C. The highest BCUT2D eigenvalue weighted by Crippen LogP contribution is 2.18. The molecule has 1 aromatic heterocycles. The molecule has 0 aliphatic heterocycles. The van der Waals surface area contributed by atoms with Gasteiger partial charge in [0.25, 0.3) is 0 Å². The van der Waals surface area contributed by atoms with Crippen LogP contribution in [0.1, 0.15) is 25.1 Å². The second kappa shape index (κ2) is 6.61. The second-order valence-electron chi connectivity index (χ2n) is 4.26. The minimum Gasteiger partial charge on any atom is -0.376 e. The fourth-order valence-electron chi connectivity index (χ4n) is 1.70. The van der Waals surface area contributed by atoms with Crippen LogP contribution in [0.25, 0.3) is 0 Å². The molecule has 1 N–H and O–H groups in total. The number of ether oxygens (including phenoxy) is 2. The van der Waals surface area contributed by atoms with Crippen molar-refractivity contribution in [3.05, 3.63) is 11.3 Å². The van der Waals surface area contributed by atoms with Crippen molar-refractivity contribution in [2.75, 3.05) is 25.6 Å². The summed E-state index contributed by atoms with van der Waals surface area (Å²) < 4.78 is 12.8. The Kier molecular flexibility index (Phi) is 5.44. The molecule has 0 aliphatic carbocycles. The fraction of sp³-hybridized carbons (Fsp3) is 0.750. The standard InChI is InChI=1S/C12H23N3O2/c1-9(2)17-7-6-16-8-11-10(3)14-15(5)12(11)13-4/h9,13H,6-8H2,1-5H3. The van der Waals surface area contributed by atoms with Gasteiger partial charge in [-0.3, -0.25) is 4.68 Å². The summed E-state index contributed by atoms with van der Waals surface area (Å²) >= 11 is 0. The summed E-state index contributed by atoms with van der Waals surface area (Å²) in [6.45, 7) is 7.83. The van der Waals surface area contributed by atoms with E-state index in [4.69, 9.17) is 9.47 Å². The lowest BCUT2D eigenvalue weighted by atomic mass is 10.2. The topological polar surface area (TPSA) is 48.3 Å². The summed E-state index contributed by atoms with van der Waals surface area (Å²) in [5.74, 6) is 1.01. The Morgan fingerprint density at radius 1 is 1.35 bits per heavy atom. The van der Waals surface area contributed by atoms with E-state index in [2.05, 4.69) is 10.4 Å². The van der Waals surface area contributed by atoms with Crippen molar-refractivity contribution in [3.63, 3.8) is 0 Å². The van der Waals surface area contributed by atoms with E-state index in [1.807, 2.05) is 39.5 Å². The Balaban J connectivity index is 2.41. The highest BCUT2D eigenvalue weighted by atomic mass is 16.5. The first-order chi connectivity index (χ1) is 8.06. The zero-order valence-electron chi connectivity index (χ0n) is 11.4. The van der Waals surface area contributed by atoms with E-state index in [1.54, 1.807) is 0 Å². The molecule has 0 saturated carbocycles. The van der Waals surface area contributed by atoms with Gasteiger partial charge < -0.3 is 14.8 Å². The molecular weight excluding hydrogens is 218 g/mol. The molecule has 0 saturated heterocycles. The highest BCUT2D eigenvalue weighted by molar-refractivity contribution is 5.46. The molecule has 17 heavy (non-hydrogen) atoms. The molecule has 0 radical (unpaired) electrons. The summed E-state index contributed by atoms with van der Waals surface area (Å²) in [7, 11) is 3.81. The van der Waals surface area contributed by atoms with Crippen molar-refractivity contribution in [1.82, 2.24) is 9.78 Å². The average molecular weight is 241 g/mol. The molecule has 1 aromatic rings. The number of hydrogen-bond donors (Lipinski definition) is 1. The van der Waals surface area contributed by atoms with Gasteiger partial charge in [-0.05, 0) is 20.8 Å².